The highest BCUT2D eigenvalue weighted by molar-refractivity contribution is 5.56. The molecule has 2 aromatic rings. The molecule has 0 heterocycles. The molecule has 0 amide bonds. The van der Waals surface area contributed by atoms with Gasteiger partial charge in [-0.3, -0.25) is 0 Å². The van der Waals surface area contributed by atoms with Crippen LogP contribution in [0.25, 0.3) is 0 Å². The van der Waals surface area contributed by atoms with Crippen LogP contribution < -0.4 is 19.5 Å². The highest BCUT2D eigenvalue weighted by Crippen LogP contribution is 2.26. The number of anilines is 1. The average molecular weight is 303 g/mol. The van der Waals surface area contributed by atoms with Gasteiger partial charge < -0.3 is 24.6 Å². The van der Waals surface area contributed by atoms with Crippen molar-refractivity contribution >= 4 is 5.69 Å². The molecule has 22 heavy (non-hydrogen) atoms. The van der Waals surface area contributed by atoms with Crippen LogP contribution in [0.3, 0.4) is 0 Å². The zero-order chi connectivity index (χ0) is 15.8. The summed E-state index contributed by atoms with van der Waals surface area (Å²) in [5.74, 6) is 1.99. The molecule has 2 rings (SSSR count). The molecule has 0 aliphatic heterocycles. The van der Waals surface area contributed by atoms with E-state index in [0.717, 1.165) is 11.4 Å². The first-order valence-corrected chi connectivity index (χ1v) is 7.05. The number of methoxy groups -OCH3 is 2. The zero-order valence-electron chi connectivity index (χ0n) is 12.8. The second-order valence-electron chi connectivity index (χ2n) is 4.70. The molecule has 0 fully saturated rings. The summed E-state index contributed by atoms with van der Waals surface area (Å²) in [6.45, 7) is 0.526. The summed E-state index contributed by atoms with van der Waals surface area (Å²) in [4.78, 5) is 0. The predicted octanol–water partition coefficient (Wildman–Crippen LogP) is 2.56. The van der Waals surface area contributed by atoms with Gasteiger partial charge >= 0.3 is 0 Å². The lowest BCUT2D eigenvalue weighted by atomic mass is 10.2. The molecule has 1 unspecified atom stereocenters. The maximum Gasteiger partial charge on any atom is 0.161 e. The number of ether oxygens (including phenoxy) is 3. The Morgan fingerprint density at radius 3 is 2.18 bits per heavy atom. The van der Waals surface area contributed by atoms with Gasteiger partial charge in [0.15, 0.2) is 11.5 Å². The van der Waals surface area contributed by atoms with Crippen LogP contribution in [0, 0.1) is 0 Å². The Morgan fingerprint density at radius 2 is 1.50 bits per heavy atom. The molecule has 1 atom stereocenters. The van der Waals surface area contributed by atoms with Crippen LogP contribution in [-0.4, -0.2) is 38.6 Å². The van der Waals surface area contributed by atoms with E-state index in [9.17, 15) is 5.11 Å². The van der Waals surface area contributed by atoms with Crippen molar-refractivity contribution in [3.8, 4) is 17.2 Å². The Balaban J connectivity index is 1.84. The number of benzene rings is 2. The summed E-state index contributed by atoms with van der Waals surface area (Å²) < 4.78 is 16.0. The summed E-state index contributed by atoms with van der Waals surface area (Å²) in [5, 5.41) is 13.2. The fourth-order valence-corrected chi connectivity index (χ4v) is 2.00. The second-order valence-corrected chi connectivity index (χ2v) is 4.70. The van der Waals surface area contributed by atoms with Crippen molar-refractivity contribution in [1.82, 2.24) is 0 Å². The van der Waals surface area contributed by atoms with E-state index in [0.29, 0.717) is 18.0 Å². The number of para-hydroxylation sites is 4. The Labute approximate surface area is 130 Å². The summed E-state index contributed by atoms with van der Waals surface area (Å²) in [7, 11) is 3.20. The van der Waals surface area contributed by atoms with Gasteiger partial charge in [0.1, 0.15) is 18.5 Å². The number of nitrogens with one attached hydrogen (secondary N) is 1. The van der Waals surface area contributed by atoms with Crippen LogP contribution in [0.4, 0.5) is 5.69 Å². The summed E-state index contributed by atoms with van der Waals surface area (Å²) >= 11 is 0. The van der Waals surface area contributed by atoms with Crippen LogP contribution >= 0.6 is 0 Å². The lowest BCUT2D eigenvalue weighted by Crippen LogP contribution is -2.26. The van der Waals surface area contributed by atoms with E-state index in [1.165, 1.54) is 0 Å². The van der Waals surface area contributed by atoms with E-state index in [-0.39, 0.29) is 6.61 Å². The lowest BCUT2D eigenvalue weighted by molar-refractivity contribution is 0.115. The molecule has 5 nitrogen and oxygen atoms in total. The van der Waals surface area contributed by atoms with Crippen molar-refractivity contribution in [3.05, 3.63) is 48.5 Å². The van der Waals surface area contributed by atoms with Crippen LogP contribution in [-0.2, 0) is 0 Å². The summed E-state index contributed by atoms with van der Waals surface area (Å²) in [6, 6.07) is 14.9. The molecule has 2 aromatic carbocycles. The molecule has 0 bridgehead atoms. The highest BCUT2D eigenvalue weighted by atomic mass is 16.5. The standard InChI is InChI=1S/C17H21NO4/c1-20-15-8-4-3-7-14(15)18-11-13(19)12-22-17-10-6-5-9-16(17)21-2/h3-10,13,18-19H,11-12H2,1-2H3. The van der Waals surface area contributed by atoms with Crippen molar-refractivity contribution in [2.75, 3.05) is 32.7 Å². The Bertz CT molecular complexity index is 537. The Kier molecular flexibility index (Phi) is 5.91. The number of aliphatic hydroxyl groups excluding tert-OH is 1. The van der Waals surface area contributed by atoms with Gasteiger partial charge in [-0.05, 0) is 24.3 Å². The third-order valence-electron chi connectivity index (χ3n) is 3.14. The van der Waals surface area contributed by atoms with E-state index < -0.39 is 6.10 Å². The van der Waals surface area contributed by atoms with Gasteiger partial charge in [0.2, 0.25) is 0 Å². The SMILES string of the molecule is COc1ccccc1NCC(O)COc1ccccc1OC. The van der Waals surface area contributed by atoms with Crippen molar-refractivity contribution in [3.63, 3.8) is 0 Å². The zero-order valence-corrected chi connectivity index (χ0v) is 12.8. The Hall–Kier alpha value is -2.40. The maximum atomic E-state index is 10.0. The molecule has 5 heteroatoms. The van der Waals surface area contributed by atoms with Gasteiger partial charge in [-0.1, -0.05) is 24.3 Å². The number of hydrogen-bond donors (Lipinski definition) is 2. The first kappa shape index (κ1) is 16.0. The van der Waals surface area contributed by atoms with E-state index >= 15 is 0 Å². The van der Waals surface area contributed by atoms with Gasteiger partial charge in [0.05, 0.1) is 19.9 Å². The Morgan fingerprint density at radius 1 is 0.909 bits per heavy atom. The van der Waals surface area contributed by atoms with Crippen molar-refractivity contribution < 1.29 is 19.3 Å². The molecule has 0 saturated carbocycles. The number of hydrogen-bond acceptors (Lipinski definition) is 5. The molecule has 0 spiro atoms. The van der Waals surface area contributed by atoms with Crippen molar-refractivity contribution in [2.45, 2.75) is 6.10 Å². The molecule has 0 aliphatic carbocycles. The van der Waals surface area contributed by atoms with Crippen LogP contribution in [0.2, 0.25) is 0 Å². The molecule has 118 valence electrons. The maximum absolute atomic E-state index is 10.0. The van der Waals surface area contributed by atoms with E-state index in [2.05, 4.69) is 5.32 Å². The third-order valence-corrected chi connectivity index (χ3v) is 3.14. The fraction of sp³-hybridized carbons (Fsp3) is 0.294. The third kappa shape index (κ3) is 4.30. The molecule has 0 aromatic heterocycles. The average Bonchev–Trinajstić information content (AvgIpc) is 2.58. The first-order chi connectivity index (χ1) is 10.7. The largest absolute Gasteiger partial charge is 0.495 e. The molecule has 2 N–H and O–H groups in total. The van der Waals surface area contributed by atoms with Crippen LogP contribution in [0.5, 0.6) is 17.2 Å². The van der Waals surface area contributed by atoms with Gasteiger partial charge in [-0.25, -0.2) is 0 Å². The molecular weight excluding hydrogens is 282 g/mol. The smallest absolute Gasteiger partial charge is 0.161 e. The number of aliphatic hydroxyl groups is 1. The van der Waals surface area contributed by atoms with Crippen molar-refractivity contribution in [2.24, 2.45) is 0 Å². The van der Waals surface area contributed by atoms with E-state index in [4.69, 9.17) is 14.2 Å². The lowest BCUT2D eigenvalue weighted by Gasteiger charge is -2.16. The minimum absolute atomic E-state index is 0.169. The molecule has 0 radical (unpaired) electrons. The number of rotatable bonds is 8. The van der Waals surface area contributed by atoms with Gasteiger partial charge in [0, 0.05) is 6.54 Å². The topological polar surface area (TPSA) is 60.0 Å². The highest BCUT2D eigenvalue weighted by Gasteiger charge is 2.09. The minimum Gasteiger partial charge on any atom is -0.495 e. The van der Waals surface area contributed by atoms with Gasteiger partial charge in [-0.15, -0.1) is 0 Å². The van der Waals surface area contributed by atoms with Crippen LogP contribution in [0.15, 0.2) is 48.5 Å². The quantitative estimate of drug-likeness (QED) is 0.785. The molecular formula is C17H21NO4. The van der Waals surface area contributed by atoms with Gasteiger partial charge in [0.25, 0.3) is 0 Å². The first-order valence-electron chi connectivity index (χ1n) is 7.05. The second kappa shape index (κ2) is 8.14. The summed E-state index contributed by atoms with van der Waals surface area (Å²) in [6.07, 6.45) is -0.658. The fourth-order valence-electron chi connectivity index (χ4n) is 2.00. The summed E-state index contributed by atoms with van der Waals surface area (Å²) in [5.41, 5.74) is 0.835. The normalized spacial score (nSPS) is 11.6. The van der Waals surface area contributed by atoms with E-state index in [1.807, 2.05) is 42.5 Å². The molecule has 0 saturated heterocycles. The minimum atomic E-state index is -0.658. The monoisotopic (exact) mass is 303 g/mol. The van der Waals surface area contributed by atoms with E-state index in [1.54, 1.807) is 20.3 Å². The van der Waals surface area contributed by atoms with Crippen LogP contribution in [0.1, 0.15) is 0 Å². The molecule has 0 aliphatic rings. The van der Waals surface area contributed by atoms with Crippen molar-refractivity contribution in [1.29, 1.82) is 0 Å². The predicted molar refractivity (Wildman–Crippen MR) is 86.0 cm³/mol. The van der Waals surface area contributed by atoms with Gasteiger partial charge in [-0.2, -0.15) is 0 Å².